The molecule has 0 heterocycles. The molecule has 1 aromatic carbocycles. The van der Waals surface area contributed by atoms with Gasteiger partial charge in [-0.1, -0.05) is 35.2 Å². The first-order valence-electron chi connectivity index (χ1n) is 6.54. The van der Waals surface area contributed by atoms with Gasteiger partial charge in [-0.15, -0.1) is 0 Å². The molecule has 0 amide bonds. The van der Waals surface area contributed by atoms with Crippen LogP contribution < -0.4 is 9.47 Å². The van der Waals surface area contributed by atoms with Gasteiger partial charge in [0.2, 0.25) is 0 Å². The van der Waals surface area contributed by atoms with Crippen LogP contribution in [0.4, 0.5) is 0 Å². The van der Waals surface area contributed by atoms with Crippen molar-refractivity contribution in [3.63, 3.8) is 0 Å². The molecule has 0 atom stereocenters. The number of rotatable bonds is 4. The Hall–Kier alpha value is -0.700. The molecule has 1 aromatic rings. The summed E-state index contributed by atoms with van der Waals surface area (Å²) < 4.78 is 10.9. The van der Waals surface area contributed by atoms with Crippen LogP contribution in [0.5, 0.6) is 11.5 Å². The molecule has 1 saturated carbocycles. The minimum Gasteiger partial charge on any atom is -0.497 e. The van der Waals surface area contributed by atoms with E-state index in [0.29, 0.717) is 0 Å². The van der Waals surface area contributed by atoms with E-state index in [1.165, 1.54) is 37.7 Å². The van der Waals surface area contributed by atoms with E-state index in [4.69, 9.17) is 9.47 Å². The minimum absolute atomic E-state index is 0.206. The molecule has 1 aliphatic carbocycles. The maximum atomic E-state index is 5.55. The van der Waals surface area contributed by atoms with Crippen molar-refractivity contribution in [2.24, 2.45) is 0 Å². The average molecular weight is 313 g/mol. The fourth-order valence-electron chi connectivity index (χ4n) is 2.93. The molecule has 0 radical (unpaired) electrons. The van der Waals surface area contributed by atoms with Crippen molar-refractivity contribution in [1.82, 2.24) is 0 Å². The highest BCUT2D eigenvalue weighted by atomic mass is 79.9. The molecule has 0 bridgehead atoms. The molecule has 100 valence electrons. The molecule has 18 heavy (non-hydrogen) atoms. The van der Waals surface area contributed by atoms with Crippen molar-refractivity contribution in [1.29, 1.82) is 0 Å². The first-order valence-corrected chi connectivity index (χ1v) is 7.66. The van der Waals surface area contributed by atoms with Gasteiger partial charge >= 0.3 is 0 Å². The number of ether oxygens (including phenoxy) is 2. The van der Waals surface area contributed by atoms with Crippen molar-refractivity contribution in [2.45, 2.75) is 37.5 Å². The number of benzene rings is 1. The van der Waals surface area contributed by atoms with Gasteiger partial charge in [0.25, 0.3) is 0 Å². The molecule has 1 aliphatic rings. The zero-order valence-electron chi connectivity index (χ0n) is 11.2. The van der Waals surface area contributed by atoms with Gasteiger partial charge in [0, 0.05) is 16.3 Å². The Balaban J connectivity index is 2.44. The second-order valence-electron chi connectivity index (χ2n) is 5.04. The summed E-state index contributed by atoms with van der Waals surface area (Å²) in [5, 5.41) is 0.990. The van der Waals surface area contributed by atoms with E-state index in [0.717, 1.165) is 16.8 Å². The normalized spacial score (nSPS) is 18.4. The van der Waals surface area contributed by atoms with Crippen LogP contribution in [-0.4, -0.2) is 19.5 Å². The summed E-state index contributed by atoms with van der Waals surface area (Å²) in [4.78, 5) is 0. The molecule has 0 N–H and O–H groups in total. The van der Waals surface area contributed by atoms with E-state index < -0.39 is 0 Å². The van der Waals surface area contributed by atoms with Gasteiger partial charge in [-0.3, -0.25) is 0 Å². The highest BCUT2D eigenvalue weighted by Gasteiger charge is 2.35. The summed E-state index contributed by atoms with van der Waals surface area (Å²) >= 11 is 3.72. The van der Waals surface area contributed by atoms with Gasteiger partial charge in [-0.2, -0.15) is 0 Å². The topological polar surface area (TPSA) is 18.5 Å². The second-order valence-corrected chi connectivity index (χ2v) is 5.60. The largest absolute Gasteiger partial charge is 0.497 e. The van der Waals surface area contributed by atoms with Gasteiger partial charge < -0.3 is 9.47 Å². The number of methoxy groups -OCH3 is 2. The lowest BCUT2D eigenvalue weighted by Gasteiger charge is -2.37. The van der Waals surface area contributed by atoms with Crippen molar-refractivity contribution >= 4 is 15.9 Å². The van der Waals surface area contributed by atoms with Crippen LogP contribution in [0.25, 0.3) is 0 Å². The van der Waals surface area contributed by atoms with Crippen LogP contribution in [0.2, 0.25) is 0 Å². The van der Waals surface area contributed by atoms with Gasteiger partial charge in [-0.05, 0) is 31.0 Å². The lowest BCUT2D eigenvalue weighted by Crippen LogP contribution is -2.31. The highest BCUT2D eigenvalue weighted by molar-refractivity contribution is 9.09. The lowest BCUT2D eigenvalue weighted by molar-refractivity contribution is 0.309. The fourth-order valence-corrected chi connectivity index (χ4v) is 3.79. The SMILES string of the molecule is COc1ccc(OC)c(C2(CBr)CCCCC2)c1. The first-order chi connectivity index (χ1) is 8.75. The van der Waals surface area contributed by atoms with Crippen molar-refractivity contribution in [2.75, 3.05) is 19.5 Å². The van der Waals surface area contributed by atoms with Crippen LogP contribution in [0.3, 0.4) is 0 Å². The predicted octanol–water partition coefficient (Wildman–Crippen LogP) is 4.30. The molecule has 2 rings (SSSR count). The lowest BCUT2D eigenvalue weighted by atomic mass is 9.70. The Kier molecular flexibility index (Phi) is 4.55. The van der Waals surface area contributed by atoms with Crippen molar-refractivity contribution in [3.05, 3.63) is 23.8 Å². The summed E-state index contributed by atoms with van der Waals surface area (Å²) in [6.45, 7) is 0. The Morgan fingerprint density at radius 2 is 1.83 bits per heavy atom. The van der Waals surface area contributed by atoms with E-state index in [2.05, 4.69) is 22.0 Å². The fraction of sp³-hybridized carbons (Fsp3) is 0.600. The van der Waals surface area contributed by atoms with E-state index in [-0.39, 0.29) is 5.41 Å². The zero-order chi connectivity index (χ0) is 13.0. The Bertz CT molecular complexity index is 397. The van der Waals surface area contributed by atoms with Crippen molar-refractivity contribution < 1.29 is 9.47 Å². The predicted molar refractivity (Wildman–Crippen MR) is 78.1 cm³/mol. The summed E-state index contributed by atoms with van der Waals surface area (Å²) in [7, 11) is 3.46. The highest BCUT2D eigenvalue weighted by Crippen LogP contribution is 2.45. The quantitative estimate of drug-likeness (QED) is 0.772. The second kappa shape index (κ2) is 5.96. The van der Waals surface area contributed by atoms with Gasteiger partial charge in [0.05, 0.1) is 14.2 Å². The van der Waals surface area contributed by atoms with Crippen molar-refractivity contribution in [3.8, 4) is 11.5 Å². The van der Waals surface area contributed by atoms with E-state index in [9.17, 15) is 0 Å². The average Bonchev–Trinajstić information content (AvgIpc) is 2.47. The van der Waals surface area contributed by atoms with Gasteiger partial charge in [-0.25, -0.2) is 0 Å². The molecule has 3 heteroatoms. The van der Waals surface area contributed by atoms with Gasteiger partial charge in [0.15, 0.2) is 0 Å². The maximum absolute atomic E-state index is 5.55. The summed E-state index contributed by atoms with van der Waals surface area (Å²) in [6, 6.07) is 6.13. The third-order valence-electron chi connectivity index (χ3n) is 4.04. The van der Waals surface area contributed by atoms with E-state index in [1.807, 2.05) is 12.1 Å². The van der Waals surface area contributed by atoms with E-state index >= 15 is 0 Å². The zero-order valence-corrected chi connectivity index (χ0v) is 12.8. The standard InChI is InChI=1S/C15H21BrO2/c1-17-12-6-7-14(18-2)13(10-12)15(11-16)8-4-3-5-9-15/h6-7,10H,3-5,8-9,11H2,1-2H3. The van der Waals surface area contributed by atoms with Crippen LogP contribution in [0.15, 0.2) is 18.2 Å². The van der Waals surface area contributed by atoms with Gasteiger partial charge in [0.1, 0.15) is 11.5 Å². The molecule has 1 fully saturated rings. The molecule has 2 nitrogen and oxygen atoms in total. The molecule has 0 unspecified atom stereocenters. The molecular formula is C15H21BrO2. The van der Waals surface area contributed by atoms with Crippen LogP contribution in [0, 0.1) is 0 Å². The Labute approximate surface area is 118 Å². The summed E-state index contributed by atoms with van der Waals surface area (Å²) in [5.74, 6) is 1.90. The van der Waals surface area contributed by atoms with Crippen LogP contribution in [-0.2, 0) is 5.41 Å². The molecule has 0 spiro atoms. The van der Waals surface area contributed by atoms with Crippen LogP contribution >= 0.6 is 15.9 Å². The molecule has 0 aliphatic heterocycles. The molecule has 0 aromatic heterocycles. The smallest absolute Gasteiger partial charge is 0.122 e. The maximum Gasteiger partial charge on any atom is 0.122 e. The molecule has 0 saturated heterocycles. The number of hydrogen-bond acceptors (Lipinski definition) is 2. The number of halogens is 1. The molecular weight excluding hydrogens is 292 g/mol. The Morgan fingerprint density at radius 1 is 1.11 bits per heavy atom. The van der Waals surface area contributed by atoms with E-state index in [1.54, 1.807) is 14.2 Å². The number of hydrogen-bond donors (Lipinski definition) is 0. The number of alkyl halides is 1. The third-order valence-corrected chi connectivity index (χ3v) is 5.12. The first kappa shape index (κ1) is 13.7. The Morgan fingerprint density at radius 3 is 2.39 bits per heavy atom. The van der Waals surface area contributed by atoms with Crippen LogP contribution in [0.1, 0.15) is 37.7 Å². The summed E-state index contributed by atoms with van der Waals surface area (Å²) in [5.41, 5.74) is 1.50. The monoisotopic (exact) mass is 312 g/mol. The third kappa shape index (κ3) is 2.51. The summed E-state index contributed by atoms with van der Waals surface area (Å²) in [6.07, 6.45) is 6.39. The minimum atomic E-state index is 0.206.